The van der Waals surface area contributed by atoms with Crippen LogP contribution < -0.4 is 10.6 Å². The van der Waals surface area contributed by atoms with Crippen LogP contribution in [0.15, 0.2) is 48.6 Å². The Kier molecular flexibility index (Phi) is 42.7. The van der Waals surface area contributed by atoms with Crippen molar-refractivity contribution in [3.63, 3.8) is 0 Å². The first kappa shape index (κ1) is 63.3. The number of rotatable bonds is 45. The highest BCUT2D eigenvalue weighted by atomic mass is 32.1. The van der Waals surface area contributed by atoms with E-state index in [-0.39, 0.29) is 35.5 Å². The zero-order chi connectivity index (χ0) is 50.2. The summed E-state index contributed by atoms with van der Waals surface area (Å²) in [7, 11) is 0. The van der Waals surface area contributed by atoms with Gasteiger partial charge in [-0.1, -0.05) is 127 Å². The van der Waals surface area contributed by atoms with Crippen LogP contribution in [0.5, 0.6) is 0 Å². The fourth-order valence-electron chi connectivity index (χ4n) is 8.76. The number of hydrogen-bond acceptors (Lipinski definition) is 10. The summed E-state index contributed by atoms with van der Waals surface area (Å²) >= 11 is 11.4. The summed E-state index contributed by atoms with van der Waals surface area (Å²) in [4.78, 5) is 31.3. The van der Waals surface area contributed by atoms with Gasteiger partial charge in [-0.2, -0.15) is 0 Å². The van der Waals surface area contributed by atoms with Crippen LogP contribution in [0.2, 0.25) is 0 Å². The molecule has 10 nitrogen and oxygen atoms in total. The van der Waals surface area contributed by atoms with Gasteiger partial charge in [-0.25, -0.2) is 0 Å². The van der Waals surface area contributed by atoms with Crippen molar-refractivity contribution in [3.05, 3.63) is 48.6 Å². The van der Waals surface area contributed by atoms with Crippen molar-refractivity contribution in [1.29, 1.82) is 0 Å². The van der Waals surface area contributed by atoms with Crippen molar-refractivity contribution in [2.45, 2.75) is 232 Å². The molecule has 0 aromatic heterocycles. The second kappa shape index (κ2) is 47.2. The highest BCUT2D eigenvalue weighted by Crippen LogP contribution is 2.15. The molecule has 0 bridgehead atoms. The molecule has 0 amide bonds. The first-order valence-corrected chi connectivity index (χ1v) is 29.5. The molecule has 2 aliphatic rings. The van der Waals surface area contributed by atoms with Crippen LogP contribution in [0, 0.1) is 0 Å². The van der Waals surface area contributed by atoms with Crippen LogP contribution in [0.25, 0.3) is 0 Å². The summed E-state index contributed by atoms with van der Waals surface area (Å²) in [6, 6.07) is 0. The van der Waals surface area contributed by atoms with Crippen molar-refractivity contribution in [3.8, 4) is 0 Å². The van der Waals surface area contributed by atoms with E-state index < -0.39 is 12.2 Å². The lowest BCUT2D eigenvalue weighted by atomic mass is 10.1. The SMILES string of the molecule is CCCCC/C=C\C/C=C\CCCCCCCC(=O)OCC(OC(=S)NCCCCN1CCCC1)C(COC(=O)CCCCCCC/C=C\C/C=C\CCCCC)OC(=S)NCCCCN1CCCC1. The molecule has 2 N–H and O–H groups in total. The standard InChI is InChI=1S/C58H102N4O6S2/c1-3-5-7-9-11-13-15-17-19-21-23-25-27-29-31-41-55(63)65-51-53(67-57(69)59-43-33-35-45-61-47-37-38-48-61)54(68-58(70)60-44-34-36-46-62-49-39-40-50-62)52-66-56(64)42-32-30-28-26-24-22-20-18-16-14-12-10-8-6-4-2/h11-14,17-20,53-54H,3-10,15-16,21-52H2,1-2H3,(H,59,69)(H,60,70)/b13-11-,14-12-,19-17-,20-18-. The largest absolute Gasteiger partial charge is 0.462 e. The summed E-state index contributed by atoms with van der Waals surface area (Å²) in [5.74, 6) is -0.591. The quantitative estimate of drug-likeness (QED) is 0.0263. The topological polar surface area (TPSA) is 102 Å². The van der Waals surface area contributed by atoms with E-state index >= 15 is 0 Å². The molecule has 2 fully saturated rings. The van der Waals surface area contributed by atoms with Gasteiger partial charge < -0.3 is 39.4 Å². The fraction of sp³-hybridized carbons (Fsp3) is 0.793. The third-order valence-corrected chi connectivity index (χ3v) is 13.6. The molecule has 0 radical (unpaired) electrons. The molecular formula is C58H102N4O6S2. The van der Waals surface area contributed by atoms with E-state index in [0.29, 0.717) is 25.9 Å². The molecule has 0 spiro atoms. The second-order valence-corrected chi connectivity index (χ2v) is 20.3. The lowest BCUT2D eigenvalue weighted by Crippen LogP contribution is -2.45. The minimum Gasteiger partial charge on any atom is -0.462 e. The Balaban J connectivity index is 1.89. The number of carbonyl (C=O) groups excluding carboxylic acids is 2. The number of carbonyl (C=O) groups is 2. The number of likely N-dealkylation sites (tertiary alicyclic amines) is 2. The molecule has 0 saturated carbocycles. The van der Waals surface area contributed by atoms with Crippen LogP contribution in [-0.2, 0) is 28.5 Å². The Morgan fingerprint density at radius 3 is 1.17 bits per heavy atom. The van der Waals surface area contributed by atoms with Gasteiger partial charge in [-0.15, -0.1) is 0 Å². The molecule has 402 valence electrons. The van der Waals surface area contributed by atoms with E-state index in [9.17, 15) is 9.59 Å². The Hall–Kier alpha value is -2.80. The third-order valence-electron chi connectivity index (χ3n) is 13.2. The molecular weight excluding hydrogens is 913 g/mol. The summed E-state index contributed by atoms with van der Waals surface area (Å²) in [5.41, 5.74) is 0. The van der Waals surface area contributed by atoms with E-state index in [1.807, 2.05) is 0 Å². The zero-order valence-electron chi connectivity index (χ0n) is 44.6. The maximum atomic E-state index is 13.1. The van der Waals surface area contributed by atoms with Gasteiger partial charge in [0.2, 0.25) is 0 Å². The van der Waals surface area contributed by atoms with Gasteiger partial charge in [0, 0.05) is 25.9 Å². The average molecular weight is 1020 g/mol. The summed E-state index contributed by atoms with van der Waals surface area (Å²) in [6.07, 6.45) is 50.9. The molecule has 0 aromatic carbocycles. The normalized spacial score (nSPS) is 15.4. The van der Waals surface area contributed by atoms with Crippen molar-refractivity contribution in [2.75, 3.05) is 65.6 Å². The van der Waals surface area contributed by atoms with Crippen molar-refractivity contribution < 1.29 is 28.5 Å². The minimum atomic E-state index is -0.850. The number of esters is 2. The fourth-order valence-corrected chi connectivity index (χ4v) is 9.21. The maximum absolute atomic E-state index is 13.1. The molecule has 70 heavy (non-hydrogen) atoms. The van der Waals surface area contributed by atoms with Crippen LogP contribution in [0.4, 0.5) is 0 Å². The lowest BCUT2D eigenvalue weighted by Gasteiger charge is -2.28. The number of nitrogens with zero attached hydrogens (tertiary/aromatic N) is 2. The summed E-state index contributed by atoms with van der Waals surface area (Å²) < 4.78 is 24.3. The predicted octanol–water partition coefficient (Wildman–Crippen LogP) is 14.0. The Morgan fingerprint density at radius 1 is 0.457 bits per heavy atom. The number of ether oxygens (including phenoxy) is 4. The number of hydrogen-bond donors (Lipinski definition) is 2. The van der Waals surface area contributed by atoms with E-state index in [2.05, 4.69) is 82.9 Å². The van der Waals surface area contributed by atoms with Crippen LogP contribution >= 0.6 is 24.4 Å². The molecule has 2 saturated heterocycles. The Bertz CT molecular complexity index is 1310. The third kappa shape index (κ3) is 38.8. The Morgan fingerprint density at radius 2 is 0.800 bits per heavy atom. The van der Waals surface area contributed by atoms with Gasteiger partial charge in [0.1, 0.15) is 13.2 Å². The molecule has 12 heteroatoms. The predicted molar refractivity (Wildman–Crippen MR) is 301 cm³/mol. The first-order chi connectivity index (χ1) is 34.4. The number of nitrogens with one attached hydrogen (secondary N) is 2. The monoisotopic (exact) mass is 1010 g/mol. The average Bonchev–Trinajstić information content (AvgIpc) is 4.09. The van der Waals surface area contributed by atoms with Gasteiger partial charge in [0.05, 0.1) is 0 Å². The first-order valence-electron chi connectivity index (χ1n) is 28.7. The van der Waals surface area contributed by atoms with Gasteiger partial charge in [0.15, 0.2) is 12.2 Å². The van der Waals surface area contributed by atoms with Crippen molar-refractivity contribution in [2.24, 2.45) is 0 Å². The van der Waals surface area contributed by atoms with E-state index in [0.717, 1.165) is 129 Å². The van der Waals surface area contributed by atoms with Crippen LogP contribution in [0.3, 0.4) is 0 Å². The molecule has 2 atom stereocenters. The summed E-state index contributed by atoms with van der Waals surface area (Å²) in [6.45, 7) is 12.5. The molecule has 0 aliphatic carbocycles. The number of allylic oxidation sites excluding steroid dienone is 8. The van der Waals surface area contributed by atoms with Crippen molar-refractivity contribution >= 4 is 46.7 Å². The van der Waals surface area contributed by atoms with Crippen LogP contribution in [-0.4, -0.2) is 110 Å². The molecule has 2 unspecified atom stereocenters. The van der Waals surface area contributed by atoms with E-state index in [1.54, 1.807) is 0 Å². The summed E-state index contributed by atoms with van der Waals surface area (Å²) in [5, 5.41) is 6.89. The van der Waals surface area contributed by atoms with Gasteiger partial charge in [-0.05, 0) is 192 Å². The molecule has 2 heterocycles. The molecule has 2 aliphatic heterocycles. The molecule has 0 aromatic rings. The molecule has 2 rings (SSSR count). The maximum Gasteiger partial charge on any atom is 0.305 e. The van der Waals surface area contributed by atoms with Gasteiger partial charge in [0.25, 0.3) is 10.3 Å². The zero-order valence-corrected chi connectivity index (χ0v) is 46.3. The van der Waals surface area contributed by atoms with E-state index in [4.69, 9.17) is 43.4 Å². The number of unbranched alkanes of at least 4 members (excludes halogenated alkanes) is 18. The van der Waals surface area contributed by atoms with Gasteiger partial charge in [-0.3, -0.25) is 9.59 Å². The van der Waals surface area contributed by atoms with Crippen molar-refractivity contribution in [1.82, 2.24) is 20.4 Å². The Labute approximate surface area is 439 Å². The van der Waals surface area contributed by atoms with E-state index in [1.165, 1.54) is 103 Å². The minimum absolute atomic E-state index is 0.110. The smallest absolute Gasteiger partial charge is 0.305 e. The lowest BCUT2D eigenvalue weighted by molar-refractivity contribution is -0.154. The van der Waals surface area contributed by atoms with Gasteiger partial charge >= 0.3 is 11.9 Å². The van der Waals surface area contributed by atoms with Crippen LogP contribution in [0.1, 0.15) is 219 Å². The highest BCUT2D eigenvalue weighted by molar-refractivity contribution is 7.80. The number of thiocarbonyl (C=S) groups is 2. The second-order valence-electron chi connectivity index (χ2n) is 19.6. The highest BCUT2D eigenvalue weighted by Gasteiger charge is 2.30.